The number of piperidine rings is 1. The number of hydrogen-bond donors (Lipinski definition) is 0. The summed E-state index contributed by atoms with van der Waals surface area (Å²) in [6, 6.07) is 17.6. The highest BCUT2D eigenvalue weighted by atomic mass is 79.9. The van der Waals surface area contributed by atoms with Crippen LogP contribution in [-0.2, 0) is 6.54 Å². The van der Waals surface area contributed by atoms with E-state index < -0.39 is 0 Å². The van der Waals surface area contributed by atoms with Gasteiger partial charge in [0, 0.05) is 17.6 Å². The van der Waals surface area contributed by atoms with Gasteiger partial charge in [-0.15, -0.1) is 0 Å². The van der Waals surface area contributed by atoms with Crippen molar-refractivity contribution >= 4 is 15.9 Å². The average molecular weight is 457 g/mol. The first kappa shape index (κ1) is 19.9. The first-order valence-corrected chi connectivity index (χ1v) is 10.8. The van der Waals surface area contributed by atoms with E-state index in [0.717, 1.165) is 48.4 Å². The number of ether oxygens (including phenoxy) is 1. The largest absolute Gasteiger partial charge is 0.492 e. The Hall–Kier alpha value is -2.38. The van der Waals surface area contributed by atoms with Crippen LogP contribution in [0.4, 0.5) is 0 Å². The van der Waals surface area contributed by atoms with Crippen molar-refractivity contribution < 1.29 is 4.74 Å². The fourth-order valence-corrected chi connectivity index (χ4v) is 3.95. The van der Waals surface area contributed by atoms with E-state index in [9.17, 15) is 4.79 Å². The summed E-state index contributed by atoms with van der Waals surface area (Å²) in [7, 11) is 0. The molecule has 0 radical (unpaired) electrons. The molecule has 1 aliphatic rings. The first-order chi connectivity index (χ1) is 14.2. The zero-order valence-corrected chi connectivity index (χ0v) is 17.9. The predicted molar refractivity (Wildman–Crippen MR) is 117 cm³/mol. The highest BCUT2D eigenvalue weighted by Crippen LogP contribution is 2.19. The smallest absolute Gasteiger partial charge is 0.350 e. The molecule has 2 aromatic carbocycles. The van der Waals surface area contributed by atoms with Gasteiger partial charge < -0.3 is 4.74 Å². The standard InChI is InChI=1S/C22H25BrN4O2/c23-19-6-8-20(9-7-19)26-17-24-27(22(26)28)16-18-10-12-25(13-11-18)14-15-29-21-4-2-1-3-5-21/h1-9,17-18H,10-16H2. The van der Waals surface area contributed by atoms with Gasteiger partial charge in [-0.25, -0.2) is 14.0 Å². The second-order valence-electron chi connectivity index (χ2n) is 7.39. The van der Waals surface area contributed by atoms with Crippen molar-refractivity contribution in [2.75, 3.05) is 26.2 Å². The monoisotopic (exact) mass is 456 g/mol. The van der Waals surface area contributed by atoms with Gasteiger partial charge in [-0.1, -0.05) is 34.1 Å². The third-order valence-electron chi connectivity index (χ3n) is 5.40. The Morgan fingerprint density at radius 2 is 1.76 bits per heavy atom. The van der Waals surface area contributed by atoms with Crippen molar-refractivity contribution in [1.82, 2.24) is 19.2 Å². The molecule has 0 bridgehead atoms. The van der Waals surface area contributed by atoms with Gasteiger partial charge in [0.2, 0.25) is 0 Å². The Kier molecular flexibility index (Phi) is 6.46. The molecule has 0 spiro atoms. The maximum Gasteiger partial charge on any atom is 0.350 e. The molecule has 6 nitrogen and oxygen atoms in total. The van der Waals surface area contributed by atoms with E-state index in [0.29, 0.717) is 19.1 Å². The summed E-state index contributed by atoms with van der Waals surface area (Å²) < 4.78 is 9.98. The number of nitrogens with zero attached hydrogens (tertiary/aromatic N) is 4. The van der Waals surface area contributed by atoms with Crippen LogP contribution in [0.25, 0.3) is 5.69 Å². The van der Waals surface area contributed by atoms with Crippen molar-refractivity contribution in [3.8, 4) is 11.4 Å². The van der Waals surface area contributed by atoms with E-state index >= 15 is 0 Å². The lowest BCUT2D eigenvalue weighted by Crippen LogP contribution is -2.38. The van der Waals surface area contributed by atoms with Crippen LogP contribution in [0.5, 0.6) is 5.75 Å². The van der Waals surface area contributed by atoms with E-state index in [2.05, 4.69) is 25.9 Å². The molecule has 29 heavy (non-hydrogen) atoms. The van der Waals surface area contributed by atoms with E-state index in [-0.39, 0.29) is 5.69 Å². The highest BCUT2D eigenvalue weighted by Gasteiger charge is 2.21. The van der Waals surface area contributed by atoms with Crippen molar-refractivity contribution in [3.63, 3.8) is 0 Å². The van der Waals surface area contributed by atoms with Gasteiger partial charge in [-0.2, -0.15) is 5.10 Å². The third kappa shape index (κ3) is 5.16. The molecule has 4 rings (SSSR count). The average Bonchev–Trinajstić information content (AvgIpc) is 3.11. The van der Waals surface area contributed by atoms with Crippen LogP contribution in [0, 0.1) is 5.92 Å². The van der Waals surface area contributed by atoms with Crippen molar-refractivity contribution in [2.45, 2.75) is 19.4 Å². The summed E-state index contributed by atoms with van der Waals surface area (Å²) in [5.41, 5.74) is 0.753. The van der Waals surface area contributed by atoms with Crippen LogP contribution in [0.1, 0.15) is 12.8 Å². The second-order valence-corrected chi connectivity index (χ2v) is 8.30. The molecule has 0 amide bonds. The maximum absolute atomic E-state index is 12.7. The number of halogens is 1. The zero-order chi connectivity index (χ0) is 20.1. The predicted octanol–water partition coefficient (Wildman–Crippen LogP) is 3.59. The first-order valence-electron chi connectivity index (χ1n) is 9.99. The van der Waals surface area contributed by atoms with Gasteiger partial charge in [0.05, 0.1) is 5.69 Å². The van der Waals surface area contributed by atoms with Crippen molar-refractivity contribution in [2.24, 2.45) is 5.92 Å². The normalized spacial score (nSPS) is 15.5. The zero-order valence-electron chi connectivity index (χ0n) is 16.3. The van der Waals surface area contributed by atoms with Gasteiger partial charge >= 0.3 is 5.69 Å². The Bertz CT molecular complexity index is 960. The molecule has 2 heterocycles. The summed E-state index contributed by atoms with van der Waals surface area (Å²) in [4.78, 5) is 15.1. The van der Waals surface area contributed by atoms with E-state index in [1.807, 2.05) is 54.6 Å². The van der Waals surface area contributed by atoms with E-state index in [4.69, 9.17) is 4.74 Å². The van der Waals surface area contributed by atoms with Gasteiger partial charge in [-0.05, 0) is 68.2 Å². The van der Waals surface area contributed by atoms with Gasteiger partial charge in [0.15, 0.2) is 0 Å². The van der Waals surface area contributed by atoms with Crippen LogP contribution in [0.3, 0.4) is 0 Å². The number of rotatable bonds is 7. The summed E-state index contributed by atoms with van der Waals surface area (Å²) in [6.45, 7) is 4.37. The summed E-state index contributed by atoms with van der Waals surface area (Å²) in [5.74, 6) is 1.40. The van der Waals surface area contributed by atoms with Crippen LogP contribution in [0.15, 0.2) is 70.2 Å². The molecule has 7 heteroatoms. The molecule has 1 aromatic heterocycles. The summed E-state index contributed by atoms with van der Waals surface area (Å²) in [5, 5.41) is 4.33. The van der Waals surface area contributed by atoms with E-state index in [1.54, 1.807) is 15.6 Å². The quantitative estimate of drug-likeness (QED) is 0.544. The molecule has 0 saturated carbocycles. The van der Waals surface area contributed by atoms with E-state index in [1.165, 1.54) is 0 Å². The SMILES string of the molecule is O=c1n(-c2ccc(Br)cc2)cnn1CC1CCN(CCOc2ccccc2)CC1. The number of hydrogen-bond acceptors (Lipinski definition) is 4. The summed E-state index contributed by atoms with van der Waals surface area (Å²) >= 11 is 3.42. The molecular weight excluding hydrogens is 432 g/mol. The van der Waals surface area contributed by atoms with Crippen LogP contribution < -0.4 is 10.4 Å². The lowest BCUT2D eigenvalue weighted by molar-refractivity contribution is 0.145. The van der Waals surface area contributed by atoms with Gasteiger partial charge in [-0.3, -0.25) is 4.90 Å². The molecule has 1 aliphatic heterocycles. The minimum atomic E-state index is -0.0778. The molecule has 0 atom stereocenters. The van der Waals surface area contributed by atoms with Crippen molar-refractivity contribution in [1.29, 1.82) is 0 Å². The number of benzene rings is 2. The lowest BCUT2D eigenvalue weighted by Gasteiger charge is -2.31. The molecule has 0 N–H and O–H groups in total. The molecular formula is C22H25BrN4O2. The van der Waals surface area contributed by atoms with Crippen LogP contribution in [0.2, 0.25) is 0 Å². The number of para-hydroxylation sites is 1. The third-order valence-corrected chi connectivity index (χ3v) is 5.92. The molecule has 3 aromatic rings. The fourth-order valence-electron chi connectivity index (χ4n) is 3.69. The molecule has 0 unspecified atom stereocenters. The van der Waals surface area contributed by atoms with Crippen LogP contribution in [-0.4, -0.2) is 45.5 Å². The molecule has 1 saturated heterocycles. The molecule has 152 valence electrons. The van der Waals surface area contributed by atoms with Crippen LogP contribution >= 0.6 is 15.9 Å². The maximum atomic E-state index is 12.7. The topological polar surface area (TPSA) is 52.3 Å². The fraction of sp³-hybridized carbons (Fsp3) is 0.364. The minimum Gasteiger partial charge on any atom is -0.492 e. The summed E-state index contributed by atoms with van der Waals surface area (Å²) in [6.07, 6.45) is 3.76. The molecule has 0 aliphatic carbocycles. The Morgan fingerprint density at radius 3 is 2.48 bits per heavy atom. The second kappa shape index (κ2) is 9.41. The molecule has 1 fully saturated rings. The number of aromatic nitrogens is 3. The van der Waals surface area contributed by atoms with Gasteiger partial charge in [0.25, 0.3) is 0 Å². The Morgan fingerprint density at radius 1 is 1.03 bits per heavy atom. The highest BCUT2D eigenvalue weighted by molar-refractivity contribution is 9.10. The lowest BCUT2D eigenvalue weighted by atomic mass is 9.97. The Balaban J connectivity index is 1.26. The Labute approximate surface area is 178 Å². The minimum absolute atomic E-state index is 0.0778. The van der Waals surface area contributed by atoms with Crippen molar-refractivity contribution in [3.05, 3.63) is 75.9 Å². The van der Waals surface area contributed by atoms with Gasteiger partial charge in [0.1, 0.15) is 18.7 Å². The number of likely N-dealkylation sites (tertiary alicyclic amines) is 1.